The van der Waals surface area contributed by atoms with Gasteiger partial charge in [0.1, 0.15) is 0 Å². The predicted octanol–water partition coefficient (Wildman–Crippen LogP) is 0.247. The third-order valence-corrected chi connectivity index (χ3v) is 4.94. The maximum atomic E-state index is 12.2. The van der Waals surface area contributed by atoms with Gasteiger partial charge in [-0.3, -0.25) is 14.6 Å². The number of aromatic nitrogens is 6. The molecule has 3 aromatic rings. The molecule has 0 atom stereocenters. The summed E-state index contributed by atoms with van der Waals surface area (Å²) < 4.78 is 8.36. The van der Waals surface area contributed by atoms with Gasteiger partial charge in [0.15, 0.2) is 12.1 Å². The van der Waals surface area contributed by atoms with E-state index in [4.69, 9.17) is 4.52 Å². The Morgan fingerprint density at radius 3 is 2.50 bits per heavy atom. The van der Waals surface area contributed by atoms with Crippen LogP contribution in [0.15, 0.2) is 33.8 Å². The van der Waals surface area contributed by atoms with E-state index in [1.165, 1.54) is 11.0 Å². The van der Waals surface area contributed by atoms with Gasteiger partial charge in [0.05, 0.1) is 18.8 Å². The smallest absolute Gasteiger partial charge is 0.266 e. The molecule has 10 heteroatoms. The fourth-order valence-corrected chi connectivity index (χ4v) is 3.44. The molecule has 4 rings (SSSR count). The van der Waals surface area contributed by atoms with Crippen LogP contribution in [0.1, 0.15) is 17.3 Å². The lowest BCUT2D eigenvalue weighted by Gasteiger charge is -2.33. The summed E-state index contributed by atoms with van der Waals surface area (Å²) in [6.45, 7) is 9.65. The van der Waals surface area contributed by atoms with E-state index in [0.29, 0.717) is 24.8 Å². The maximum Gasteiger partial charge on any atom is 0.266 e. The Balaban J connectivity index is 1.34. The minimum absolute atomic E-state index is 0.0969. The van der Waals surface area contributed by atoms with Gasteiger partial charge in [-0.2, -0.15) is 10.1 Å². The molecule has 10 nitrogen and oxygen atoms in total. The number of aryl methyl sites for hydroxylation is 2. The van der Waals surface area contributed by atoms with Gasteiger partial charge in [-0.1, -0.05) is 5.16 Å². The molecule has 1 saturated heterocycles. The third kappa shape index (κ3) is 4.18. The summed E-state index contributed by atoms with van der Waals surface area (Å²) in [7, 11) is 0. The minimum Gasteiger partial charge on any atom is -0.338 e. The first-order valence-corrected chi connectivity index (χ1v) is 9.40. The van der Waals surface area contributed by atoms with Crippen LogP contribution in [-0.4, -0.2) is 72.2 Å². The van der Waals surface area contributed by atoms with Crippen molar-refractivity contribution in [3.05, 3.63) is 52.2 Å². The molecule has 0 saturated carbocycles. The zero-order valence-corrected chi connectivity index (χ0v) is 16.2. The van der Waals surface area contributed by atoms with Crippen LogP contribution < -0.4 is 5.56 Å². The monoisotopic (exact) mass is 384 g/mol. The summed E-state index contributed by atoms with van der Waals surface area (Å²) >= 11 is 0. The van der Waals surface area contributed by atoms with E-state index in [1.807, 2.05) is 19.9 Å². The molecular formula is C18H24N8O2. The van der Waals surface area contributed by atoms with Crippen molar-refractivity contribution in [3.63, 3.8) is 0 Å². The second-order valence-corrected chi connectivity index (χ2v) is 7.04. The first-order chi connectivity index (χ1) is 13.6. The molecular weight excluding hydrogens is 360 g/mol. The summed E-state index contributed by atoms with van der Waals surface area (Å²) in [4.78, 5) is 20.9. The summed E-state index contributed by atoms with van der Waals surface area (Å²) in [6, 6.07) is 5.26. The Morgan fingerprint density at radius 1 is 1.04 bits per heavy atom. The molecule has 28 heavy (non-hydrogen) atoms. The fraction of sp³-hybridized carbons (Fsp3) is 0.500. The van der Waals surface area contributed by atoms with Gasteiger partial charge in [-0.05, 0) is 26.0 Å². The average molecular weight is 384 g/mol. The van der Waals surface area contributed by atoms with Gasteiger partial charge >= 0.3 is 0 Å². The second kappa shape index (κ2) is 8.03. The molecule has 0 spiro atoms. The largest absolute Gasteiger partial charge is 0.338 e. The Kier molecular flexibility index (Phi) is 5.31. The van der Waals surface area contributed by atoms with Crippen molar-refractivity contribution in [1.29, 1.82) is 0 Å². The lowest BCUT2D eigenvalue weighted by molar-refractivity contribution is 0.113. The van der Waals surface area contributed by atoms with Crippen molar-refractivity contribution in [2.75, 3.05) is 32.7 Å². The molecule has 0 unspecified atom stereocenters. The predicted molar refractivity (Wildman–Crippen MR) is 101 cm³/mol. The molecule has 148 valence electrons. The van der Waals surface area contributed by atoms with Crippen LogP contribution in [0, 0.1) is 13.8 Å². The molecule has 1 aliphatic rings. The normalized spacial score (nSPS) is 15.9. The van der Waals surface area contributed by atoms with E-state index in [9.17, 15) is 4.79 Å². The van der Waals surface area contributed by atoms with Crippen molar-refractivity contribution < 1.29 is 4.52 Å². The highest BCUT2D eigenvalue weighted by atomic mass is 16.5. The average Bonchev–Trinajstić information content (AvgIpc) is 3.31. The van der Waals surface area contributed by atoms with Crippen molar-refractivity contribution >= 4 is 0 Å². The van der Waals surface area contributed by atoms with Crippen molar-refractivity contribution in [2.24, 2.45) is 0 Å². The molecule has 1 fully saturated rings. The Labute approximate surface area is 162 Å². The van der Waals surface area contributed by atoms with E-state index in [-0.39, 0.29) is 5.56 Å². The zero-order valence-electron chi connectivity index (χ0n) is 16.2. The maximum absolute atomic E-state index is 12.2. The molecule has 3 aromatic heterocycles. The van der Waals surface area contributed by atoms with Crippen LogP contribution in [0.4, 0.5) is 0 Å². The number of hydrogen-bond acceptors (Lipinski definition) is 8. The minimum atomic E-state index is -0.0969. The van der Waals surface area contributed by atoms with E-state index >= 15 is 0 Å². The van der Waals surface area contributed by atoms with Crippen LogP contribution in [-0.2, 0) is 13.1 Å². The van der Waals surface area contributed by atoms with Crippen molar-refractivity contribution in [3.8, 4) is 5.82 Å². The van der Waals surface area contributed by atoms with Crippen molar-refractivity contribution in [2.45, 2.75) is 26.9 Å². The molecule has 0 amide bonds. The molecule has 4 heterocycles. The number of nitrogens with zero attached hydrogens (tertiary/aromatic N) is 8. The second-order valence-electron chi connectivity index (χ2n) is 7.04. The Bertz CT molecular complexity index is 970. The van der Waals surface area contributed by atoms with Gasteiger partial charge in [-0.25, -0.2) is 9.36 Å². The lowest BCUT2D eigenvalue weighted by atomic mass is 10.3. The van der Waals surface area contributed by atoms with Gasteiger partial charge in [-0.15, -0.1) is 5.10 Å². The van der Waals surface area contributed by atoms with Crippen molar-refractivity contribution in [1.82, 2.24) is 39.5 Å². The number of piperazine rings is 1. The highest BCUT2D eigenvalue weighted by Gasteiger charge is 2.18. The number of hydrogen-bond donors (Lipinski definition) is 0. The molecule has 0 aromatic carbocycles. The molecule has 0 radical (unpaired) electrons. The van der Waals surface area contributed by atoms with Gasteiger partial charge < -0.3 is 4.52 Å². The zero-order chi connectivity index (χ0) is 19.5. The van der Waals surface area contributed by atoms with Crippen LogP contribution in [0.2, 0.25) is 0 Å². The molecule has 0 bridgehead atoms. The van der Waals surface area contributed by atoms with E-state index < -0.39 is 0 Å². The molecule has 0 N–H and O–H groups in total. The third-order valence-electron chi connectivity index (χ3n) is 4.94. The Morgan fingerprint density at radius 2 is 1.82 bits per heavy atom. The lowest BCUT2D eigenvalue weighted by Crippen LogP contribution is -2.47. The van der Waals surface area contributed by atoms with Crippen LogP contribution in [0.5, 0.6) is 0 Å². The SMILES string of the molecule is Cc1cc(C)n(-c2ccc(=O)n(CCN3CCN(Cc4ncno4)CC3)n2)n1. The van der Waals surface area contributed by atoms with E-state index in [0.717, 1.165) is 44.1 Å². The quantitative estimate of drug-likeness (QED) is 0.596. The first-order valence-electron chi connectivity index (χ1n) is 9.40. The van der Waals surface area contributed by atoms with Crippen LogP contribution >= 0.6 is 0 Å². The summed E-state index contributed by atoms with van der Waals surface area (Å²) in [5.74, 6) is 1.31. The van der Waals surface area contributed by atoms with E-state index in [1.54, 1.807) is 16.8 Å². The molecule has 0 aliphatic carbocycles. The summed E-state index contributed by atoms with van der Waals surface area (Å²) in [5, 5.41) is 12.6. The Hall–Kier alpha value is -2.85. The first kappa shape index (κ1) is 18.5. The highest BCUT2D eigenvalue weighted by molar-refractivity contribution is 5.23. The standard InChI is InChI=1S/C18H24N8O2/c1-14-11-15(2)26(21-14)16-3-4-18(27)25(22-16)10-9-23-5-7-24(8-6-23)12-17-19-13-20-28-17/h3-4,11,13H,5-10,12H2,1-2H3. The molecule has 1 aliphatic heterocycles. The van der Waals surface area contributed by atoms with Crippen LogP contribution in [0.25, 0.3) is 5.82 Å². The topological polar surface area (TPSA) is 98.1 Å². The van der Waals surface area contributed by atoms with Gasteiger partial charge in [0, 0.05) is 44.5 Å². The summed E-state index contributed by atoms with van der Waals surface area (Å²) in [5.41, 5.74) is 1.82. The van der Waals surface area contributed by atoms with Crippen LogP contribution in [0.3, 0.4) is 0 Å². The number of rotatable bonds is 6. The van der Waals surface area contributed by atoms with Gasteiger partial charge in [0.25, 0.3) is 5.56 Å². The highest BCUT2D eigenvalue weighted by Crippen LogP contribution is 2.09. The fourth-order valence-electron chi connectivity index (χ4n) is 3.44. The summed E-state index contributed by atoms with van der Waals surface area (Å²) in [6.07, 6.45) is 1.43. The van der Waals surface area contributed by atoms with E-state index in [2.05, 4.69) is 30.1 Å². The van der Waals surface area contributed by atoms with Gasteiger partial charge in [0.2, 0.25) is 5.89 Å².